The van der Waals surface area contributed by atoms with E-state index in [1.807, 2.05) is 36.4 Å². The molecular weight excluding hydrogens is 262 g/mol. The Kier molecular flexibility index (Phi) is 3.69. The third-order valence-electron chi connectivity index (χ3n) is 3.48. The lowest BCUT2D eigenvalue weighted by Crippen LogP contribution is -1.94. The maximum Gasteiger partial charge on any atom is 0.227 e. The van der Waals surface area contributed by atoms with Crippen LogP contribution in [-0.2, 0) is 12.8 Å². The van der Waals surface area contributed by atoms with Gasteiger partial charge in [0.1, 0.15) is 0 Å². The van der Waals surface area contributed by atoms with E-state index in [1.165, 1.54) is 11.1 Å². The van der Waals surface area contributed by atoms with Crippen molar-refractivity contribution in [1.82, 2.24) is 10.1 Å². The van der Waals surface area contributed by atoms with Gasteiger partial charge in [-0.3, -0.25) is 0 Å². The summed E-state index contributed by atoms with van der Waals surface area (Å²) >= 11 is 0. The first kappa shape index (κ1) is 13.4. The molecule has 0 amide bonds. The summed E-state index contributed by atoms with van der Waals surface area (Å²) in [5.74, 6) is 1.23. The number of nitrogen functional groups attached to an aromatic ring is 1. The third-order valence-corrected chi connectivity index (χ3v) is 3.48. The van der Waals surface area contributed by atoms with Crippen LogP contribution in [0.1, 0.15) is 17.0 Å². The third kappa shape index (κ3) is 3.11. The zero-order chi connectivity index (χ0) is 14.7. The zero-order valence-corrected chi connectivity index (χ0v) is 11.9. The Morgan fingerprint density at radius 3 is 2.71 bits per heavy atom. The van der Waals surface area contributed by atoms with Crippen LogP contribution in [0.5, 0.6) is 0 Å². The molecule has 0 bridgehead atoms. The molecule has 3 aromatic rings. The van der Waals surface area contributed by atoms with Gasteiger partial charge in [0.15, 0.2) is 0 Å². The number of anilines is 1. The molecule has 0 unspecified atom stereocenters. The second-order valence-electron chi connectivity index (χ2n) is 5.06. The highest BCUT2D eigenvalue weighted by Crippen LogP contribution is 2.19. The van der Waals surface area contributed by atoms with Crippen molar-refractivity contribution in [2.75, 3.05) is 5.73 Å². The molecule has 0 aliphatic carbocycles. The molecule has 106 valence electrons. The molecule has 4 nitrogen and oxygen atoms in total. The van der Waals surface area contributed by atoms with Crippen LogP contribution in [0.4, 0.5) is 5.69 Å². The summed E-state index contributed by atoms with van der Waals surface area (Å²) in [7, 11) is 0. The van der Waals surface area contributed by atoms with Crippen LogP contribution in [-0.4, -0.2) is 10.1 Å². The van der Waals surface area contributed by atoms with E-state index in [0.29, 0.717) is 17.4 Å². The normalized spacial score (nSPS) is 10.7. The number of aryl methyl sites for hydroxylation is 3. The van der Waals surface area contributed by atoms with Crippen molar-refractivity contribution >= 4 is 5.69 Å². The molecule has 2 N–H and O–H groups in total. The molecule has 0 fully saturated rings. The van der Waals surface area contributed by atoms with Crippen LogP contribution in [0, 0.1) is 6.92 Å². The highest BCUT2D eigenvalue weighted by Gasteiger charge is 2.09. The van der Waals surface area contributed by atoms with Gasteiger partial charge in [-0.15, -0.1) is 0 Å². The molecule has 0 spiro atoms. The van der Waals surface area contributed by atoms with E-state index in [4.69, 9.17) is 10.3 Å². The molecule has 4 heteroatoms. The van der Waals surface area contributed by atoms with Gasteiger partial charge in [-0.1, -0.05) is 41.6 Å². The van der Waals surface area contributed by atoms with Crippen molar-refractivity contribution in [2.45, 2.75) is 19.8 Å². The van der Waals surface area contributed by atoms with E-state index >= 15 is 0 Å². The molecule has 0 aliphatic heterocycles. The number of aromatic nitrogens is 2. The maximum atomic E-state index is 5.77. The summed E-state index contributed by atoms with van der Waals surface area (Å²) in [6, 6.07) is 15.8. The van der Waals surface area contributed by atoms with E-state index in [9.17, 15) is 0 Å². The van der Waals surface area contributed by atoms with Crippen LogP contribution >= 0.6 is 0 Å². The SMILES string of the molecule is Cc1ccccc1CCc1nc(-c2cccc(N)c2)no1. The lowest BCUT2D eigenvalue weighted by molar-refractivity contribution is 0.379. The zero-order valence-electron chi connectivity index (χ0n) is 11.9. The van der Waals surface area contributed by atoms with Gasteiger partial charge < -0.3 is 10.3 Å². The van der Waals surface area contributed by atoms with Gasteiger partial charge in [0.2, 0.25) is 11.7 Å². The highest BCUT2D eigenvalue weighted by atomic mass is 16.5. The Bertz CT molecular complexity index is 749. The van der Waals surface area contributed by atoms with Gasteiger partial charge in [0.05, 0.1) is 0 Å². The van der Waals surface area contributed by atoms with E-state index < -0.39 is 0 Å². The van der Waals surface area contributed by atoms with E-state index in [-0.39, 0.29) is 0 Å². The summed E-state index contributed by atoms with van der Waals surface area (Å²) in [6.45, 7) is 2.11. The Labute approximate surface area is 123 Å². The van der Waals surface area contributed by atoms with Crippen molar-refractivity contribution in [2.24, 2.45) is 0 Å². The average Bonchev–Trinajstić information content (AvgIpc) is 2.95. The molecule has 3 rings (SSSR count). The van der Waals surface area contributed by atoms with Crippen molar-refractivity contribution < 1.29 is 4.52 Å². The minimum absolute atomic E-state index is 0.585. The summed E-state index contributed by atoms with van der Waals surface area (Å²) in [6.07, 6.45) is 1.63. The molecule has 1 aromatic heterocycles. The topological polar surface area (TPSA) is 64.9 Å². The highest BCUT2D eigenvalue weighted by molar-refractivity contribution is 5.60. The summed E-state index contributed by atoms with van der Waals surface area (Å²) < 4.78 is 5.32. The fourth-order valence-corrected chi connectivity index (χ4v) is 2.28. The van der Waals surface area contributed by atoms with Crippen molar-refractivity contribution in [3.05, 3.63) is 65.5 Å². The number of hydrogen-bond donors (Lipinski definition) is 1. The van der Waals surface area contributed by atoms with Crippen LogP contribution in [0.2, 0.25) is 0 Å². The summed E-state index contributed by atoms with van der Waals surface area (Å²) in [4.78, 5) is 4.43. The van der Waals surface area contributed by atoms with E-state index in [2.05, 4.69) is 29.2 Å². The van der Waals surface area contributed by atoms with Gasteiger partial charge >= 0.3 is 0 Å². The van der Waals surface area contributed by atoms with Crippen LogP contribution in [0.3, 0.4) is 0 Å². The number of nitrogens with zero attached hydrogens (tertiary/aromatic N) is 2. The molecule has 0 atom stereocenters. The Hall–Kier alpha value is -2.62. The summed E-state index contributed by atoms with van der Waals surface area (Å²) in [5.41, 5.74) is 9.93. The minimum atomic E-state index is 0.585. The van der Waals surface area contributed by atoms with E-state index in [0.717, 1.165) is 18.4 Å². The average molecular weight is 279 g/mol. The van der Waals surface area contributed by atoms with Gasteiger partial charge in [-0.2, -0.15) is 4.98 Å². The standard InChI is InChI=1S/C17H17N3O/c1-12-5-2-3-6-13(12)9-10-16-19-17(20-21-16)14-7-4-8-15(18)11-14/h2-8,11H,9-10,18H2,1H3. The molecule has 21 heavy (non-hydrogen) atoms. The van der Waals surface area contributed by atoms with Crippen molar-refractivity contribution in [1.29, 1.82) is 0 Å². The number of benzene rings is 2. The first-order valence-corrected chi connectivity index (χ1v) is 6.95. The molecule has 1 heterocycles. The summed E-state index contributed by atoms with van der Waals surface area (Å²) in [5, 5.41) is 4.02. The minimum Gasteiger partial charge on any atom is -0.399 e. The molecule has 0 saturated carbocycles. The van der Waals surface area contributed by atoms with Gasteiger partial charge in [0.25, 0.3) is 0 Å². The van der Waals surface area contributed by atoms with Gasteiger partial charge in [0, 0.05) is 17.7 Å². The van der Waals surface area contributed by atoms with Crippen molar-refractivity contribution in [3.63, 3.8) is 0 Å². The lowest BCUT2D eigenvalue weighted by atomic mass is 10.0. The first-order valence-electron chi connectivity index (χ1n) is 6.95. The molecule has 0 radical (unpaired) electrons. The maximum absolute atomic E-state index is 5.77. The number of hydrogen-bond acceptors (Lipinski definition) is 4. The van der Waals surface area contributed by atoms with Gasteiger partial charge in [-0.05, 0) is 36.6 Å². The number of rotatable bonds is 4. The largest absolute Gasteiger partial charge is 0.399 e. The van der Waals surface area contributed by atoms with E-state index in [1.54, 1.807) is 0 Å². The lowest BCUT2D eigenvalue weighted by Gasteiger charge is -2.02. The smallest absolute Gasteiger partial charge is 0.227 e. The Balaban J connectivity index is 1.72. The van der Waals surface area contributed by atoms with Crippen LogP contribution < -0.4 is 5.73 Å². The Morgan fingerprint density at radius 2 is 1.90 bits per heavy atom. The Morgan fingerprint density at radius 1 is 1.05 bits per heavy atom. The van der Waals surface area contributed by atoms with Crippen LogP contribution in [0.25, 0.3) is 11.4 Å². The van der Waals surface area contributed by atoms with Crippen molar-refractivity contribution in [3.8, 4) is 11.4 Å². The molecule has 2 aromatic carbocycles. The molecular formula is C17H17N3O. The fourth-order valence-electron chi connectivity index (χ4n) is 2.28. The fraction of sp³-hybridized carbons (Fsp3) is 0.176. The monoisotopic (exact) mass is 279 g/mol. The predicted octanol–water partition coefficient (Wildman–Crippen LogP) is 3.41. The van der Waals surface area contributed by atoms with Gasteiger partial charge in [-0.25, -0.2) is 0 Å². The quantitative estimate of drug-likeness (QED) is 0.743. The number of nitrogens with two attached hydrogens (primary N) is 1. The molecule has 0 saturated heterocycles. The predicted molar refractivity (Wildman–Crippen MR) is 82.7 cm³/mol. The molecule has 0 aliphatic rings. The first-order chi connectivity index (χ1) is 10.2. The van der Waals surface area contributed by atoms with Crippen LogP contribution in [0.15, 0.2) is 53.1 Å². The second-order valence-corrected chi connectivity index (χ2v) is 5.06. The second kappa shape index (κ2) is 5.79.